The van der Waals surface area contributed by atoms with Crippen LogP contribution in [0.15, 0.2) is 47.8 Å². The van der Waals surface area contributed by atoms with Crippen LogP contribution in [0, 0.1) is 5.92 Å². The number of rotatable bonds is 7. The first kappa shape index (κ1) is 36.9. The number of aromatic amines is 1. The van der Waals surface area contributed by atoms with E-state index in [0.29, 0.717) is 16.1 Å². The maximum absolute atomic E-state index is 14.0. The average Bonchev–Trinajstić information content (AvgIpc) is 3.67. The molecule has 2 aromatic heterocycles. The van der Waals surface area contributed by atoms with Gasteiger partial charge in [-0.2, -0.15) is 5.10 Å². The monoisotopic (exact) mass is 698 g/mol. The summed E-state index contributed by atoms with van der Waals surface area (Å²) in [5, 5.41) is 38.4. The fourth-order valence-electron chi connectivity index (χ4n) is 5.34. The molecule has 1 aromatic carbocycles. The second kappa shape index (κ2) is 16.5. The molecule has 3 aromatic rings. The van der Waals surface area contributed by atoms with Gasteiger partial charge in [0.2, 0.25) is 29.5 Å². The Hall–Kier alpha value is -4.90. The van der Waals surface area contributed by atoms with Gasteiger partial charge >= 0.3 is 5.97 Å². The molecule has 5 amide bonds. The van der Waals surface area contributed by atoms with E-state index in [9.17, 15) is 39.0 Å². The number of benzene rings is 1. The summed E-state index contributed by atoms with van der Waals surface area (Å²) >= 11 is 1.08. The molecule has 0 spiro atoms. The Balaban J connectivity index is 1.77. The molecular formula is C32H42N8O8S. The van der Waals surface area contributed by atoms with Crippen molar-refractivity contribution in [1.82, 2.24) is 41.3 Å². The fourth-order valence-corrected chi connectivity index (χ4v) is 6.45. The molecule has 0 saturated carbocycles. The van der Waals surface area contributed by atoms with E-state index in [1.165, 1.54) is 24.7 Å². The number of hydrogen-bond acceptors (Lipinski definition) is 9. The Bertz CT molecular complexity index is 1670. The summed E-state index contributed by atoms with van der Waals surface area (Å²) in [5.41, 5.74) is 1.29. The van der Waals surface area contributed by atoms with E-state index in [2.05, 4.69) is 36.7 Å². The minimum atomic E-state index is -1.53. The third kappa shape index (κ3) is 9.82. The van der Waals surface area contributed by atoms with Crippen LogP contribution < -0.4 is 26.6 Å². The fraction of sp³-hybridized carbons (Fsp3) is 0.469. The zero-order chi connectivity index (χ0) is 35.8. The zero-order valence-electron chi connectivity index (χ0n) is 27.6. The Morgan fingerprint density at radius 3 is 2.39 bits per heavy atom. The third-order valence-electron chi connectivity index (χ3n) is 7.86. The molecule has 16 nitrogen and oxygen atoms in total. The number of fused-ring (bicyclic) bond motifs is 3. The van der Waals surface area contributed by atoms with Gasteiger partial charge in [-0.3, -0.25) is 28.7 Å². The predicted octanol–water partition coefficient (Wildman–Crippen LogP) is -0.332. The van der Waals surface area contributed by atoms with Crippen molar-refractivity contribution in [3.8, 4) is 0 Å². The number of carboxylic acid groups (broad SMARTS) is 1. The lowest BCUT2D eigenvalue weighted by Gasteiger charge is -2.27. The molecule has 1 aliphatic rings. The number of carboxylic acids is 1. The van der Waals surface area contributed by atoms with E-state index in [1.807, 2.05) is 19.9 Å². The number of amides is 5. The van der Waals surface area contributed by atoms with Crippen molar-refractivity contribution in [3.05, 3.63) is 48.3 Å². The highest BCUT2D eigenvalue weighted by Crippen LogP contribution is 2.31. The predicted molar refractivity (Wildman–Crippen MR) is 179 cm³/mol. The molecule has 0 radical (unpaired) electrons. The van der Waals surface area contributed by atoms with Crippen LogP contribution in [0.25, 0.3) is 10.9 Å². The Morgan fingerprint density at radius 1 is 1.00 bits per heavy atom. The summed E-state index contributed by atoms with van der Waals surface area (Å²) in [6, 6.07) is 2.40. The Kier molecular flexibility index (Phi) is 12.4. The summed E-state index contributed by atoms with van der Waals surface area (Å²) in [5.74, 6) is -5.20. The average molecular weight is 699 g/mol. The van der Waals surface area contributed by atoms with E-state index in [4.69, 9.17) is 0 Å². The molecule has 4 rings (SSSR count). The summed E-state index contributed by atoms with van der Waals surface area (Å²) in [6.07, 6.45) is 1.85. The number of aliphatic hydroxyl groups is 1. The SMILES string of the molecule is CC(C)C[C@@H]1NC(=O)[C@@H](NC(=O)Cn2cccn2)Cc2c([nH]c3ccccc23)SC[C@@H](C(=O)O)NC(=O)[C@H]([C@@H](C)O)NC(=O)[C@@H](C)NC1=O. The highest BCUT2D eigenvalue weighted by atomic mass is 32.2. The van der Waals surface area contributed by atoms with Gasteiger partial charge in [0, 0.05) is 35.5 Å². The number of aliphatic carboxylic acids is 1. The second-order valence-corrected chi connectivity index (χ2v) is 13.4. The van der Waals surface area contributed by atoms with Crippen LogP contribution in [0.3, 0.4) is 0 Å². The first-order valence-electron chi connectivity index (χ1n) is 15.8. The minimum Gasteiger partial charge on any atom is -0.480 e. The number of aromatic nitrogens is 3. The molecule has 264 valence electrons. The number of nitrogens with zero attached hydrogens (tertiary/aromatic N) is 2. The van der Waals surface area contributed by atoms with Crippen LogP contribution in [-0.2, 0) is 41.7 Å². The van der Waals surface area contributed by atoms with Crippen LogP contribution >= 0.6 is 11.8 Å². The maximum atomic E-state index is 14.0. The van der Waals surface area contributed by atoms with Crippen LogP contribution in [0.4, 0.5) is 0 Å². The van der Waals surface area contributed by atoms with Crippen LogP contribution in [0.2, 0.25) is 0 Å². The lowest BCUT2D eigenvalue weighted by atomic mass is 10.0. The molecule has 8 N–H and O–H groups in total. The van der Waals surface area contributed by atoms with Crippen LogP contribution in [0.5, 0.6) is 0 Å². The van der Waals surface area contributed by atoms with Crippen molar-refractivity contribution >= 4 is 58.2 Å². The standard InChI is InChI=1S/C32H42N8O8S/c1-16(2)12-22-28(44)34-17(3)27(43)39-26(18(4)41)30(46)37-24(32(47)48)15-49-31-20(19-8-5-6-9-21(19)38-31)13-23(29(45)36-22)35-25(42)14-40-11-7-10-33-40/h5-11,16-18,22-24,26,38,41H,12-15H2,1-4H3,(H,34,44)(H,35,42)(H,36,45)(H,37,46)(H,39,43)(H,47,48)/t17-,18-,22+,23+,24+,26+/m1/s1. The summed E-state index contributed by atoms with van der Waals surface area (Å²) < 4.78 is 1.39. The molecular weight excluding hydrogens is 656 g/mol. The van der Waals surface area contributed by atoms with Gasteiger partial charge in [-0.1, -0.05) is 32.0 Å². The van der Waals surface area contributed by atoms with Crippen molar-refractivity contribution in [2.24, 2.45) is 5.92 Å². The molecule has 0 saturated heterocycles. The van der Waals surface area contributed by atoms with Crippen LogP contribution in [0.1, 0.15) is 39.7 Å². The highest BCUT2D eigenvalue weighted by molar-refractivity contribution is 7.99. The summed E-state index contributed by atoms with van der Waals surface area (Å²) in [4.78, 5) is 82.5. The molecule has 6 atom stereocenters. The van der Waals surface area contributed by atoms with Gasteiger partial charge in [-0.05, 0) is 43.9 Å². The Morgan fingerprint density at radius 2 is 1.73 bits per heavy atom. The van der Waals surface area contributed by atoms with Crippen molar-refractivity contribution in [1.29, 1.82) is 0 Å². The first-order chi connectivity index (χ1) is 23.2. The highest BCUT2D eigenvalue weighted by Gasteiger charge is 2.34. The van der Waals surface area contributed by atoms with Crippen molar-refractivity contribution in [2.45, 2.75) is 88.4 Å². The van der Waals surface area contributed by atoms with Crippen molar-refractivity contribution in [2.75, 3.05) is 5.75 Å². The van der Waals surface area contributed by atoms with E-state index in [1.54, 1.807) is 30.5 Å². The Labute approximate surface area is 286 Å². The molecule has 49 heavy (non-hydrogen) atoms. The number of carbonyl (C=O) groups excluding carboxylic acids is 5. The van der Waals surface area contributed by atoms with E-state index < -0.39 is 71.8 Å². The summed E-state index contributed by atoms with van der Waals surface area (Å²) in [7, 11) is 0. The normalized spacial score (nSPS) is 23.7. The number of thioether (sulfide) groups is 1. The van der Waals surface area contributed by atoms with Gasteiger partial charge in [0.1, 0.15) is 36.8 Å². The largest absolute Gasteiger partial charge is 0.480 e. The van der Waals surface area contributed by atoms with Crippen molar-refractivity contribution in [3.63, 3.8) is 0 Å². The first-order valence-corrected chi connectivity index (χ1v) is 16.8. The molecule has 3 heterocycles. The van der Waals surface area contributed by atoms with Gasteiger partial charge in [0.05, 0.1) is 11.1 Å². The molecule has 0 unspecified atom stereocenters. The molecule has 1 aliphatic heterocycles. The third-order valence-corrected chi connectivity index (χ3v) is 9.00. The van der Waals surface area contributed by atoms with E-state index in [0.717, 1.165) is 17.1 Å². The number of aliphatic hydroxyl groups excluding tert-OH is 1. The lowest BCUT2D eigenvalue weighted by molar-refractivity contribution is -0.142. The van der Waals surface area contributed by atoms with Gasteiger partial charge < -0.3 is 41.8 Å². The number of hydrogen-bond donors (Lipinski definition) is 8. The number of H-pyrrole nitrogens is 1. The van der Waals surface area contributed by atoms with E-state index in [-0.39, 0.29) is 31.1 Å². The quantitative estimate of drug-likeness (QED) is 0.160. The van der Waals surface area contributed by atoms with Crippen LogP contribution in [-0.4, -0.2) is 103 Å². The maximum Gasteiger partial charge on any atom is 0.327 e. The minimum absolute atomic E-state index is 0.0496. The zero-order valence-corrected chi connectivity index (χ0v) is 28.4. The summed E-state index contributed by atoms with van der Waals surface area (Å²) in [6.45, 7) is 6.16. The van der Waals surface area contributed by atoms with Gasteiger partial charge in [0.15, 0.2) is 0 Å². The number of nitrogens with one attached hydrogen (secondary N) is 6. The topological polar surface area (TPSA) is 237 Å². The van der Waals surface area contributed by atoms with E-state index >= 15 is 0 Å². The smallest absolute Gasteiger partial charge is 0.327 e. The second-order valence-electron chi connectivity index (χ2n) is 12.4. The molecule has 0 bridgehead atoms. The molecule has 0 fully saturated rings. The van der Waals surface area contributed by atoms with Gasteiger partial charge in [-0.25, -0.2) is 4.79 Å². The lowest BCUT2D eigenvalue weighted by Crippen LogP contribution is -2.60. The number of carbonyl (C=O) groups is 6. The van der Waals surface area contributed by atoms with Crippen molar-refractivity contribution < 1.29 is 39.0 Å². The number of para-hydroxylation sites is 1. The van der Waals surface area contributed by atoms with Gasteiger partial charge in [0.25, 0.3) is 0 Å². The van der Waals surface area contributed by atoms with Gasteiger partial charge in [-0.15, -0.1) is 11.8 Å². The molecule has 17 heteroatoms. The molecule has 0 aliphatic carbocycles.